The summed E-state index contributed by atoms with van der Waals surface area (Å²) in [6.45, 7) is 7.66. The molecule has 0 rings (SSSR count). The largest absolute Gasteiger partial charge is 0.378 e. The molecule has 0 aromatic rings. The van der Waals surface area contributed by atoms with Gasteiger partial charge in [0.05, 0.1) is 6.10 Å². The lowest BCUT2D eigenvalue weighted by Gasteiger charge is -2.15. The SMILES string of the molecule is CCCCCOC(CC)CCCC. The van der Waals surface area contributed by atoms with E-state index in [0.717, 1.165) is 6.61 Å². The first-order valence-electron chi connectivity index (χ1n) is 5.96. The van der Waals surface area contributed by atoms with E-state index in [2.05, 4.69) is 20.8 Å². The molecule has 0 amide bonds. The lowest BCUT2D eigenvalue weighted by Crippen LogP contribution is -2.12. The second-order valence-electron chi connectivity index (χ2n) is 3.75. The maximum absolute atomic E-state index is 5.80. The Hall–Kier alpha value is -0.0400. The monoisotopic (exact) mass is 186 g/mol. The Morgan fingerprint density at radius 1 is 0.923 bits per heavy atom. The first kappa shape index (κ1) is 13.0. The van der Waals surface area contributed by atoms with E-state index in [4.69, 9.17) is 4.74 Å². The summed E-state index contributed by atoms with van der Waals surface area (Å²) in [4.78, 5) is 0. The third-order valence-corrected chi connectivity index (χ3v) is 2.44. The summed E-state index contributed by atoms with van der Waals surface area (Å²) >= 11 is 0. The van der Waals surface area contributed by atoms with Crippen molar-refractivity contribution in [1.29, 1.82) is 0 Å². The van der Waals surface area contributed by atoms with E-state index in [0.29, 0.717) is 6.10 Å². The molecule has 1 nitrogen and oxygen atoms in total. The third-order valence-electron chi connectivity index (χ3n) is 2.44. The molecule has 0 aromatic carbocycles. The zero-order valence-electron chi connectivity index (χ0n) is 9.64. The van der Waals surface area contributed by atoms with Crippen molar-refractivity contribution in [3.63, 3.8) is 0 Å². The van der Waals surface area contributed by atoms with Crippen molar-refractivity contribution < 1.29 is 4.74 Å². The highest BCUT2D eigenvalue weighted by molar-refractivity contribution is 4.55. The fraction of sp³-hybridized carbons (Fsp3) is 1.00. The summed E-state index contributed by atoms with van der Waals surface area (Å²) in [7, 11) is 0. The molecule has 0 heterocycles. The van der Waals surface area contributed by atoms with Crippen LogP contribution in [-0.4, -0.2) is 12.7 Å². The molecule has 0 N–H and O–H groups in total. The molecule has 0 fully saturated rings. The maximum atomic E-state index is 5.80. The molecule has 80 valence electrons. The Bertz CT molecular complexity index is 91.1. The normalized spacial score (nSPS) is 13.2. The average molecular weight is 186 g/mol. The van der Waals surface area contributed by atoms with E-state index in [1.807, 2.05) is 0 Å². The molecule has 1 heteroatoms. The summed E-state index contributed by atoms with van der Waals surface area (Å²) in [5.74, 6) is 0. The van der Waals surface area contributed by atoms with Crippen LogP contribution < -0.4 is 0 Å². The van der Waals surface area contributed by atoms with E-state index in [1.54, 1.807) is 0 Å². The smallest absolute Gasteiger partial charge is 0.0572 e. The van der Waals surface area contributed by atoms with Gasteiger partial charge in [-0.15, -0.1) is 0 Å². The lowest BCUT2D eigenvalue weighted by molar-refractivity contribution is 0.0412. The molecule has 1 unspecified atom stereocenters. The van der Waals surface area contributed by atoms with Gasteiger partial charge in [0, 0.05) is 6.61 Å². The Balaban J connectivity index is 3.25. The molecule has 0 aliphatic rings. The van der Waals surface area contributed by atoms with E-state index >= 15 is 0 Å². The topological polar surface area (TPSA) is 9.23 Å². The summed E-state index contributed by atoms with van der Waals surface area (Å²) < 4.78 is 5.80. The summed E-state index contributed by atoms with van der Waals surface area (Å²) in [5, 5.41) is 0. The van der Waals surface area contributed by atoms with Crippen LogP contribution in [0.2, 0.25) is 0 Å². The molecular formula is C12H26O. The Morgan fingerprint density at radius 3 is 2.15 bits per heavy atom. The molecule has 1 atom stereocenters. The van der Waals surface area contributed by atoms with Crippen LogP contribution in [0.5, 0.6) is 0 Å². The van der Waals surface area contributed by atoms with Crippen LogP contribution in [0.15, 0.2) is 0 Å². The van der Waals surface area contributed by atoms with Crippen LogP contribution in [0, 0.1) is 0 Å². The first-order chi connectivity index (χ1) is 6.35. The van der Waals surface area contributed by atoms with Crippen molar-refractivity contribution >= 4 is 0 Å². The molecule has 0 bridgehead atoms. The zero-order chi connectivity index (χ0) is 9.94. The van der Waals surface area contributed by atoms with Gasteiger partial charge in [-0.05, 0) is 19.3 Å². The van der Waals surface area contributed by atoms with E-state index in [9.17, 15) is 0 Å². The number of hydrogen-bond acceptors (Lipinski definition) is 1. The second kappa shape index (κ2) is 10.0. The highest BCUT2D eigenvalue weighted by Crippen LogP contribution is 2.09. The maximum Gasteiger partial charge on any atom is 0.0572 e. The average Bonchev–Trinajstić information content (AvgIpc) is 2.17. The van der Waals surface area contributed by atoms with Crippen LogP contribution in [0.4, 0.5) is 0 Å². The molecule has 0 aliphatic heterocycles. The van der Waals surface area contributed by atoms with Gasteiger partial charge >= 0.3 is 0 Å². The standard InChI is InChI=1S/C12H26O/c1-4-7-9-11-13-12(6-3)10-8-5-2/h12H,4-11H2,1-3H3. The molecule has 0 radical (unpaired) electrons. The van der Waals surface area contributed by atoms with Crippen molar-refractivity contribution in [3.05, 3.63) is 0 Å². The van der Waals surface area contributed by atoms with Gasteiger partial charge in [-0.1, -0.05) is 46.5 Å². The summed E-state index contributed by atoms with van der Waals surface area (Å²) in [5.41, 5.74) is 0. The van der Waals surface area contributed by atoms with Crippen molar-refractivity contribution in [2.24, 2.45) is 0 Å². The minimum Gasteiger partial charge on any atom is -0.378 e. The van der Waals surface area contributed by atoms with Crippen molar-refractivity contribution in [2.75, 3.05) is 6.61 Å². The van der Waals surface area contributed by atoms with E-state index in [1.165, 1.54) is 44.9 Å². The van der Waals surface area contributed by atoms with Gasteiger partial charge in [0.2, 0.25) is 0 Å². The fourth-order valence-electron chi connectivity index (χ4n) is 1.44. The predicted molar refractivity (Wildman–Crippen MR) is 59.1 cm³/mol. The predicted octanol–water partition coefficient (Wildman–Crippen LogP) is 4.16. The lowest BCUT2D eigenvalue weighted by atomic mass is 10.1. The van der Waals surface area contributed by atoms with Gasteiger partial charge in [0.1, 0.15) is 0 Å². The molecule has 0 spiro atoms. The van der Waals surface area contributed by atoms with Gasteiger partial charge in [-0.3, -0.25) is 0 Å². The van der Waals surface area contributed by atoms with Gasteiger partial charge < -0.3 is 4.74 Å². The minimum atomic E-state index is 0.525. The fourth-order valence-corrected chi connectivity index (χ4v) is 1.44. The van der Waals surface area contributed by atoms with Gasteiger partial charge in [0.15, 0.2) is 0 Å². The Kier molecular flexibility index (Phi) is 10.0. The Morgan fingerprint density at radius 2 is 1.62 bits per heavy atom. The molecular weight excluding hydrogens is 160 g/mol. The van der Waals surface area contributed by atoms with Crippen LogP contribution >= 0.6 is 0 Å². The number of unbranched alkanes of at least 4 members (excludes halogenated alkanes) is 3. The first-order valence-corrected chi connectivity index (χ1v) is 5.96. The molecule has 0 saturated carbocycles. The molecule has 0 saturated heterocycles. The Labute approximate surface area is 83.9 Å². The number of ether oxygens (including phenoxy) is 1. The summed E-state index contributed by atoms with van der Waals surface area (Å²) in [6.07, 6.45) is 9.38. The zero-order valence-corrected chi connectivity index (χ0v) is 9.64. The van der Waals surface area contributed by atoms with Gasteiger partial charge in [0.25, 0.3) is 0 Å². The number of hydrogen-bond donors (Lipinski definition) is 0. The number of rotatable bonds is 9. The summed E-state index contributed by atoms with van der Waals surface area (Å²) in [6, 6.07) is 0. The van der Waals surface area contributed by atoms with Crippen LogP contribution in [-0.2, 0) is 4.74 Å². The third kappa shape index (κ3) is 8.29. The van der Waals surface area contributed by atoms with E-state index < -0.39 is 0 Å². The van der Waals surface area contributed by atoms with Gasteiger partial charge in [-0.2, -0.15) is 0 Å². The minimum absolute atomic E-state index is 0.525. The van der Waals surface area contributed by atoms with Crippen LogP contribution in [0.3, 0.4) is 0 Å². The van der Waals surface area contributed by atoms with Crippen molar-refractivity contribution in [2.45, 2.75) is 71.8 Å². The molecule has 13 heavy (non-hydrogen) atoms. The van der Waals surface area contributed by atoms with Crippen molar-refractivity contribution in [3.8, 4) is 0 Å². The second-order valence-corrected chi connectivity index (χ2v) is 3.75. The quantitative estimate of drug-likeness (QED) is 0.491. The van der Waals surface area contributed by atoms with Crippen LogP contribution in [0.25, 0.3) is 0 Å². The molecule has 0 aromatic heterocycles. The highest BCUT2D eigenvalue weighted by Gasteiger charge is 2.04. The van der Waals surface area contributed by atoms with Crippen molar-refractivity contribution in [1.82, 2.24) is 0 Å². The highest BCUT2D eigenvalue weighted by atomic mass is 16.5. The van der Waals surface area contributed by atoms with Crippen LogP contribution in [0.1, 0.15) is 65.7 Å². The molecule has 0 aliphatic carbocycles. The van der Waals surface area contributed by atoms with E-state index in [-0.39, 0.29) is 0 Å². The van der Waals surface area contributed by atoms with Gasteiger partial charge in [-0.25, -0.2) is 0 Å².